The molecule has 3 nitrogen and oxygen atoms in total. The Morgan fingerprint density at radius 2 is 2.19 bits per heavy atom. The van der Waals surface area contributed by atoms with Gasteiger partial charge in [0.05, 0.1) is 17.8 Å². The van der Waals surface area contributed by atoms with Crippen LogP contribution in [0.25, 0.3) is 0 Å². The van der Waals surface area contributed by atoms with E-state index < -0.39 is 5.54 Å². The highest BCUT2D eigenvalue weighted by Gasteiger charge is 2.31. The SMILES string of the molecule is NC1(CO)CCCN(c2ccccc2F)C1. The maximum atomic E-state index is 13.6. The van der Waals surface area contributed by atoms with Crippen LogP contribution in [-0.4, -0.2) is 30.3 Å². The minimum Gasteiger partial charge on any atom is -0.394 e. The molecule has 0 saturated carbocycles. The molecule has 1 aliphatic rings. The number of halogens is 1. The number of aliphatic hydroxyl groups excluding tert-OH is 1. The number of rotatable bonds is 2. The van der Waals surface area contributed by atoms with Crippen molar-refractivity contribution < 1.29 is 9.50 Å². The van der Waals surface area contributed by atoms with Crippen molar-refractivity contribution >= 4 is 5.69 Å². The van der Waals surface area contributed by atoms with E-state index in [1.54, 1.807) is 12.1 Å². The third kappa shape index (κ3) is 2.18. The van der Waals surface area contributed by atoms with Crippen LogP contribution >= 0.6 is 0 Å². The summed E-state index contributed by atoms with van der Waals surface area (Å²) < 4.78 is 13.6. The Morgan fingerprint density at radius 3 is 2.88 bits per heavy atom. The van der Waals surface area contributed by atoms with Crippen LogP contribution in [0.4, 0.5) is 10.1 Å². The summed E-state index contributed by atoms with van der Waals surface area (Å²) >= 11 is 0. The van der Waals surface area contributed by atoms with Gasteiger partial charge in [-0.15, -0.1) is 0 Å². The van der Waals surface area contributed by atoms with Gasteiger partial charge in [0.2, 0.25) is 0 Å². The summed E-state index contributed by atoms with van der Waals surface area (Å²) in [6.07, 6.45) is 1.67. The summed E-state index contributed by atoms with van der Waals surface area (Å²) in [5.74, 6) is -0.232. The number of hydrogen-bond acceptors (Lipinski definition) is 3. The topological polar surface area (TPSA) is 49.5 Å². The van der Waals surface area contributed by atoms with Gasteiger partial charge in [0.25, 0.3) is 0 Å². The third-order valence-electron chi connectivity index (χ3n) is 3.12. The Bertz CT molecular complexity index is 372. The molecule has 1 unspecified atom stereocenters. The molecule has 0 amide bonds. The minimum atomic E-state index is -0.597. The van der Waals surface area contributed by atoms with Gasteiger partial charge in [0, 0.05) is 13.1 Å². The predicted molar refractivity (Wildman–Crippen MR) is 61.9 cm³/mol. The van der Waals surface area contributed by atoms with Gasteiger partial charge in [-0.25, -0.2) is 4.39 Å². The molecule has 4 heteroatoms. The molecule has 16 heavy (non-hydrogen) atoms. The normalized spacial score (nSPS) is 25.8. The van der Waals surface area contributed by atoms with E-state index in [1.807, 2.05) is 11.0 Å². The Hall–Kier alpha value is -1.13. The maximum absolute atomic E-state index is 13.6. The zero-order valence-electron chi connectivity index (χ0n) is 9.19. The highest BCUT2D eigenvalue weighted by Crippen LogP contribution is 2.26. The number of anilines is 1. The van der Waals surface area contributed by atoms with E-state index >= 15 is 0 Å². The third-order valence-corrected chi connectivity index (χ3v) is 3.12. The first-order valence-electron chi connectivity index (χ1n) is 5.54. The molecule has 1 atom stereocenters. The van der Waals surface area contributed by atoms with Crippen molar-refractivity contribution in [3.8, 4) is 0 Å². The second-order valence-electron chi connectivity index (χ2n) is 4.50. The van der Waals surface area contributed by atoms with Crippen LogP contribution in [-0.2, 0) is 0 Å². The maximum Gasteiger partial charge on any atom is 0.146 e. The van der Waals surface area contributed by atoms with Crippen molar-refractivity contribution in [2.24, 2.45) is 5.73 Å². The monoisotopic (exact) mass is 224 g/mol. The minimum absolute atomic E-state index is 0.0576. The summed E-state index contributed by atoms with van der Waals surface area (Å²) in [4.78, 5) is 1.91. The van der Waals surface area contributed by atoms with Crippen molar-refractivity contribution in [1.82, 2.24) is 0 Å². The fourth-order valence-corrected chi connectivity index (χ4v) is 2.20. The molecular weight excluding hydrogens is 207 g/mol. The molecule has 1 saturated heterocycles. The smallest absolute Gasteiger partial charge is 0.146 e. The molecule has 0 aromatic heterocycles. The number of para-hydroxylation sites is 1. The van der Waals surface area contributed by atoms with Crippen LogP contribution in [0.2, 0.25) is 0 Å². The van der Waals surface area contributed by atoms with Crippen LogP contribution in [0.5, 0.6) is 0 Å². The molecular formula is C12H17FN2O. The Kier molecular flexibility index (Phi) is 3.12. The number of piperidine rings is 1. The Morgan fingerprint density at radius 1 is 1.44 bits per heavy atom. The Labute approximate surface area is 94.7 Å². The van der Waals surface area contributed by atoms with Crippen molar-refractivity contribution in [2.45, 2.75) is 18.4 Å². The number of hydrogen-bond donors (Lipinski definition) is 2. The van der Waals surface area contributed by atoms with Crippen molar-refractivity contribution in [3.63, 3.8) is 0 Å². The average Bonchev–Trinajstić information content (AvgIpc) is 2.30. The van der Waals surface area contributed by atoms with Gasteiger partial charge in [-0.3, -0.25) is 0 Å². The molecule has 3 N–H and O–H groups in total. The summed E-state index contributed by atoms with van der Waals surface area (Å²) in [7, 11) is 0. The fourth-order valence-electron chi connectivity index (χ4n) is 2.20. The van der Waals surface area contributed by atoms with E-state index in [0.717, 1.165) is 19.4 Å². The van der Waals surface area contributed by atoms with Crippen molar-refractivity contribution in [3.05, 3.63) is 30.1 Å². The van der Waals surface area contributed by atoms with Gasteiger partial charge in [-0.2, -0.15) is 0 Å². The average molecular weight is 224 g/mol. The molecule has 0 bridgehead atoms. The number of nitrogens with zero attached hydrogens (tertiary/aromatic N) is 1. The lowest BCUT2D eigenvalue weighted by Gasteiger charge is -2.40. The van der Waals surface area contributed by atoms with Gasteiger partial charge >= 0.3 is 0 Å². The second-order valence-corrected chi connectivity index (χ2v) is 4.50. The quantitative estimate of drug-likeness (QED) is 0.791. The van der Waals surface area contributed by atoms with E-state index in [2.05, 4.69) is 0 Å². The second kappa shape index (κ2) is 4.39. The molecule has 2 rings (SSSR count). The van der Waals surface area contributed by atoms with Gasteiger partial charge in [0.1, 0.15) is 5.82 Å². The summed E-state index contributed by atoms with van der Waals surface area (Å²) in [5, 5.41) is 9.24. The molecule has 0 radical (unpaired) electrons. The predicted octanol–water partition coefficient (Wildman–Crippen LogP) is 1.12. The zero-order valence-corrected chi connectivity index (χ0v) is 9.19. The lowest BCUT2D eigenvalue weighted by Crippen LogP contribution is -2.57. The first kappa shape index (κ1) is 11.4. The van der Waals surface area contributed by atoms with E-state index in [9.17, 15) is 9.50 Å². The van der Waals surface area contributed by atoms with Gasteiger partial charge in [-0.1, -0.05) is 12.1 Å². The lowest BCUT2D eigenvalue weighted by molar-refractivity contribution is 0.176. The summed E-state index contributed by atoms with van der Waals surface area (Å²) in [6.45, 7) is 1.24. The highest BCUT2D eigenvalue weighted by atomic mass is 19.1. The van der Waals surface area contributed by atoms with E-state index in [-0.39, 0.29) is 12.4 Å². The van der Waals surface area contributed by atoms with Crippen LogP contribution < -0.4 is 10.6 Å². The van der Waals surface area contributed by atoms with Crippen LogP contribution in [0.1, 0.15) is 12.8 Å². The number of aliphatic hydroxyl groups is 1. The number of benzene rings is 1. The summed E-state index contributed by atoms with van der Waals surface area (Å²) in [6, 6.07) is 6.67. The number of nitrogens with two attached hydrogens (primary N) is 1. The highest BCUT2D eigenvalue weighted by molar-refractivity contribution is 5.48. The van der Waals surface area contributed by atoms with Crippen LogP contribution in [0.3, 0.4) is 0 Å². The first-order valence-corrected chi connectivity index (χ1v) is 5.54. The fraction of sp³-hybridized carbons (Fsp3) is 0.500. The molecule has 1 aromatic rings. The van der Waals surface area contributed by atoms with E-state index in [4.69, 9.17) is 5.73 Å². The molecule has 1 fully saturated rings. The molecule has 1 aliphatic heterocycles. The van der Waals surface area contributed by atoms with E-state index in [0.29, 0.717) is 12.2 Å². The lowest BCUT2D eigenvalue weighted by atomic mass is 9.90. The van der Waals surface area contributed by atoms with Crippen LogP contribution in [0, 0.1) is 5.82 Å². The standard InChI is InChI=1S/C12H17FN2O/c13-10-4-1-2-5-11(10)15-7-3-6-12(14,8-15)9-16/h1-2,4-5,16H,3,6-9,14H2. The van der Waals surface area contributed by atoms with Gasteiger partial charge in [0.15, 0.2) is 0 Å². The molecule has 0 spiro atoms. The van der Waals surface area contributed by atoms with E-state index in [1.165, 1.54) is 6.07 Å². The van der Waals surface area contributed by atoms with Crippen molar-refractivity contribution in [1.29, 1.82) is 0 Å². The molecule has 88 valence electrons. The Balaban J connectivity index is 2.19. The molecule has 1 heterocycles. The van der Waals surface area contributed by atoms with Crippen molar-refractivity contribution in [2.75, 3.05) is 24.6 Å². The molecule has 1 aromatic carbocycles. The zero-order chi connectivity index (χ0) is 11.6. The van der Waals surface area contributed by atoms with Crippen LogP contribution in [0.15, 0.2) is 24.3 Å². The van der Waals surface area contributed by atoms with Gasteiger partial charge in [-0.05, 0) is 25.0 Å². The first-order chi connectivity index (χ1) is 7.64. The molecule has 0 aliphatic carbocycles. The summed E-state index contributed by atoms with van der Waals surface area (Å²) in [5.41, 5.74) is 6.00. The largest absolute Gasteiger partial charge is 0.394 e. The van der Waals surface area contributed by atoms with Gasteiger partial charge < -0.3 is 15.7 Å².